The molecule has 9 aromatic rings. The van der Waals surface area contributed by atoms with Crippen molar-refractivity contribution in [2.75, 3.05) is 0 Å². The van der Waals surface area contributed by atoms with E-state index in [0.717, 1.165) is 66.9 Å². The molecule has 4 aromatic carbocycles. The molecule has 0 fully saturated rings. The van der Waals surface area contributed by atoms with E-state index < -0.39 is 0 Å². The molecule has 6 nitrogen and oxygen atoms in total. The molecule has 244 valence electrons. The monoisotopic (exact) mass is 651 g/mol. The fraction of sp³-hybridized carbons (Fsp3) is 0.159. The van der Waals surface area contributed by atoms with Gasteiger partial charge in [-0.1, -0.05) is 56.7 Å². The lowest BCUT2D eigenvalue weighted by atomic mass is 9.86. The molecule has 0 amide bonds. The Morgan fingerprint density at radius 2 is 1.36 bits per heavy atom. The summed E-state index contributed by atoms with van der Waals surface area (Å²) >= 11 is 0. The summed E-state index contributed by atoms with van der Waals surface area (Å²) in [5.74, 6) is 1.50. The molecule has 0 radical (unpaired) electrons. The van der Waals surface area contributed by atoms with Crippen LogP contribution in [0.3, 0.4) is 0 Å². The molecule has 0 bridgehead atoms. The minimum Gasteiger partial charge on any atom is -0.457 e. The van der Waals surface area contributed by atoms with E-state index in [-0.39, 0.29) is 5.41 Å². The van der Waals surface area contributed by atoms with Gasteiger partial charge in [-0.3, -0.25) is 14.0 Å². The van der Waals surface area contributed by atoms with E-state index in [9.17, 15) is 0 Å². The van der Waals surface area contributed by atoms with Crippen molar-refractivity contribution in [3.8, 4) is 28.4 Å². The van der Waals surface area contributed by atoms with Crippen molar-refractivity contribution in [1.29, 1.82) is 0 Å². The highest BCUT2D eigenvalue weighted by atomic mass is 16.5. The number of fused-ring (bicyclic) bond motifs is 9. The maximum atomic E-state index is 6.80. The van der Waals surface area contributed by atoms with E-state index >= 15 is 0 Å². The van der Waals surface area contributed by atoms with Crippen molar-refractivity contribution in [2.45, 2.75) is 47.0 Å². The minimum atomic E-state index is -0.112. The molecule has 0 aliphatic carbocycles. The smallest absolute Gasteiger partial charge is 0.146 e. The number of aromatic nitrogens is 5. The molecule has 0 unspecified atom stereocenters. The lowest BCUT2D eigenvalue weighted by Gasteiger charge is -2.22. The van der Waals surface area contributed by atoms with Gasteiger partial charge in [-0.05, 0) is 104 Å². The van der Waals surface area contributed by atoms with E-state index in [1.165, 1.54) is 33.2 Å². The lowest BCUT2D eigenvalue weighted by molar-refractivity contribution is 0.479. The summed E-state index contributed by atoms with van der Waals surface area (Å²) in [6.45, 7) is 13.2. The molecule has 0 aliphatic heterocycles. The third-order valence-corrected chi connectivity index (χ3v) is 9.86. The Labute approximate surface area is 290 Å². The van der Waals surface area contributed by atoms with Gasteiger partial charge >= 0.3 is 0 Å². The number of pyridine rings is 3. The summed E-state index contributed by atoms with van der Waals surface area (Å²) in [5, 5.41) is 4.33. The first-order valence-corrected chi connectivity index (χ1v) is 17.1. The van der Waals surface area contributed by atoms with Gasteiger partial charge < -0.3 is 4.74 Å². The summed E-state index contributed by atoms with van der Waals surface area (Å²) in [5.41, 5.74) is 12.7. The van der Waals surface area contributed by atoms with Gasteiger partial charge in [0.1, 0.15) is 22.8 Å². The number of benzene rings is 4. The van der Waals surface area contributed by atoms with Crippen LogP contribution in [0.15, 0.2) is 116 Å². The summed E-state index contributed by atoms with van der Waals surface area (Å²) in [6, 6.07) is 34.0. The average molecular weight is 652 g/mol. The predicted molar refractivity (Wildman–Crippen MR) is 205 cm³/mol. The Morgan fingerprint density at radius 1 is 0.620 bits per heavy atom. The lowest BCUT2D eigenvalue weighted by Crippen LogP contribution is -2.12. The molecule has 0 N–H and O–H groups in total. The predicted octanol–water partition coefficient (Wildman–Crippen LogP) is 11.2. The highest BCUT2D eigenvalue weighted by Gasteiger charge is 2.21. The van der Waals surface area contributed by atoms with Crippen LogP contribution in [0.1, 0.15) is 43.0 Å². The Morgan fingerprint density at radius 3 is 2.18 bits per heavy atom. The second kappa shape index (κ2) is 11.0. The number of aryl methyl sites for hydroxylation is 3. The first-order valence-electron chi connectivity index (χ1n) is 17.1. The maximum Gasteiger partial charge on any atom is 0.146 e. The molecule has 9 rings (SSSR count). The van der Waals surface area contributed by atoms with Gasteiger partial charge in [0.25, 0.3) is 0 Å². The van der Waals surface area contributed by atoms with Gasteiger partial charge in [0, 0.05) is 51.8 Å². The van der Waals surface area contributed by atoms with Crippen LogP contribution in [-0.2, 0) is 5.41 Å². The summed E-state index contributed by atoms with van der Waals surface area (Å²) in [4.78, 5) is 14.9. The molecule has 0 saturated heterocycles. The number of hydrogen-bond acceptors (Lipinski definition) is 4. The Bertz CT molecular complexity index is 2740. The number of hydrogen-bond donors (Lipinski definition) is 0. The van der Waals surface area contributed by atoms with Crippen molar-refractivity contribution >= 4 is 49.4 Å². The van der Waals surface area contributed by atoms with Crippen molar-refractivity contribution in [3.63, 3.8) is 0 Å². The highest BCUT2D eigenvalue weighted by Crippen LogP contribution is 2.39. The van der Waals surface area contributed by atoms with Crippen molar-refractivity contribution in [3.05, 3.63) is 138 Å². The molecule has 0 spiro atoms. The first kappa shape index (κ1) is 30.1. The van der Waals surface area contributed by atoms with Crippen LogP contribution in [0.4, 0.5) is 0 Å². The van der Waals surface area contributed by atoms with E-state index in [2.05, 4.69) is 136 Å². The zero-order valence-electron chi connectivity index (χ0n) is 29.1. The van der Waals surface area contributed by atoms with Crippen LogP contribution in [0.5, 0.6) is 11.5 Å². The topological polar surface area (TPSA) is 57.2 Å². The summed E-state index contributed by atoms with van der Waals surface area (Å²) in [7, 11) is 0. The fourth-order valence-electron chi connectivity index (χ4n) is 7.63. The Hall–Kier alpha value is -6.01. The van der Waals surface area contributed by atoms with Gasteiger partial charge in [0.05, 0.1) is 27.9 Å². The van der Waals surface area contributed by atoms with Crippen LogP contribution in [-0.4, -0.2) is 23.9 Å². The second-order valence-electron chi connectivity index (χ2n) is 14.5. The van der Waals surface area contributed by atoms with Crippen molar-refractivity contribution in [1.82, 2.24) is 23.9 Å². The zero-order chi connectivity index (χ0) is 34.3. The van der Waals surface area contributed by atoms with Crippen LogP contribution < -0.4 is 4.74 Å². The number of imidazole rings is 1. The summed E-state index contributed by atoms with van der Waals surface area (Å²) in [6.07, 6.45) is 5.86. The van der Waals surface area contributed by atoms with Crippen LogP contribution >= 0.6 is 0 Å². The van der Waals surface area contributed by atoms with Gasteiger partial charge in [0.15, 0.2) is 0 Å². The molecule has 0 atom stereocenters. The van der Waals surface area contributed by atoms with E-state index in [1.807, 2.05) is 30.6 Å². The summed E-state index contributed by atoms with van der Waals surface area (Å²) < 4.78 is 11.2. The van der Waals surface area contributed by atoms with Crippen LogP contribution in [0, 0.1) is 20.8 Å². The normalized spacial score (nSPS) is 12.2. The number of rotatable bonds is 4. The molecule has 6 heteroatoms. The van der Waals surface area contributed by atoms with Gasteiger partial charge in [-0.2, -0.15) is 0 Å². The van der Waals surface area contributed by atoms with Crippen molar-refractivity contribution < 1.29 is 4.74 Å². The average Bonchev–Trinajstić information content (AvgIpc) is 3.68. The SMILES string of the molecule is Cc1cc(C)c(-c2cn3c4cccnc4c4ccc(Oc5cc(-n6c7ccccc7c7cccnc76)cc(C(C)(C)C)c5)cc4c3n2)c(C)c1. The fourth-order valence-corrected chi connectivity index (χ4v) is 7.63. The minimum absolute atomic E-state index is 0.112. The third kappa shape index (κ3) is 4.74. The molecule has 5 aromatic heterocycles. The second-order valence-corrected chi connectivity index (χ2v) is 14.5. The molecular formula is C44H37N5O. The van der Waals surface area contributed by atoms with E-state index in [4.69, 9.17) is 19.7 Å². The molecule has 0 aliphatic rings. The Balaban J connectivity index is 1.23. The largest absolute Gasteiger partial charge is 0.457 e. The molecular weight excluding hydrogens is 615 g/mol. The first-order chi connectivity index (χ1) is 24.1. The number of para-hydroxylation sites is 1. The van der Waals surface area contributed by atoms with Gasteiger partial charge in [0.2, 0.25) is 0 Å². The van der Waals surface area contributed by atoms with Crippen molar-refractivity contribution in [2.24, 2.45) is 0 Å². The van der Waals surface area contributed by atoms with E-state index in [1.54, 1.807) is 0 Å². The quantitative estimate of drug-likeness (QED) is 0.178. The molecule has 50 heavy (non-hydrogen) atoms. The van der Waals surface area contributed by atoms with Gasteiger partial charge in [-0.25, -0.2) is 9.97 Å². The molecule has 0 saturated carbocycles. The molecule has 5 heterocycles. The van der Waals surface area contributed by atoms with Crippen LogP contribution in [0.2, 0.25) is 0 Å². The van der Waals surface area contributed by atoms with Gasteiger partial charge in [-0.15, -0.1) is 0 Å². The Kier molecular flexibility index (Phi) is 6.62. The third-order valence-electron chi connectivity index (χ3n) is 9.86. The number of nitrogens with zero attached hydrogens (tertiary/aromatic N) is 5. The van der Waals surface area contributed by atoms with Crippen LogP contribution in [0.25, 0.3) is 66.3 Å². The zero-order valence-corrected chi connectivity index (χ0v) is 29.1. The maximum absolute atomic E-state index is 6.80. The number of ether oxygens (including phenoxy) is 1. The standard InChI is InChI=1S/C44H37N5O/c1-26-19-27(2)40(28(3)20-26)37-25-48-39-14-10-17-45-41(39)34-16-15-31(24-36(34)43(48)47-37)50-32-22-29(44(4,5)6)21-30(23-32)49-38-13-8-7-11-33(38)35-12-9-18-46-42(35)49/h7-25H,1-6H3. The van der Waals surface area contributed by atoms with E-state index in [0.29, 0.717) is 0 Å². The highest BCUT2D eigenvalue weighted by molar-refractivity contribution is 6.11.